The summed E-state index contributed by atoms with van der Waals surface area (Å²) in [7, 11) is 1.73. The quantitative estimate of drug-likeness (QED) is 0.925. The Balaban J connectivity index is 2.22. The fourth-order valence-electron chi connectivity index (χ4n) is 1.65. The molecule has 0 bridgehead atoms. The van der Waals surface area contributed by atoms with E-state index < -0.39 is 0 Å². The maximum absolute atomic E-state index is 12.2. The Labute approximate surface area is 110 Å². The lowest BCUT2D eigenvalue weighted by Gasteiger charge is -2.24. The lowest BCUT2D eigenvalue weighted by atomic mass is 10.2. The molecule has 0 spiro atoms. The Hall–Kier alpha value is -1.88. The molecule has 0 fully saturated rings. The number of aromatic nitrogens is 1. The third-order valence-corrected chi connectivity index (χ3v) is 3.93. The van der Waals surface area contributed by atoms with E-state index in [2.05, 4.69) is 4.98 Å². The molecule has 1 unspecified atom stereocenters. The molecule has 1 N–H and O–H groups in total. The predicted octanol–water partition coefficient (Wildman–Crippen LogP) is 2.68. The van der Waals surface area contributed by atoms with E-state index in [-0.39, 0.29) is 23.3 Å². The topological polar surface area (TPSA) is 53.4 Å². The van der Waals surface area contributed by atoms with E-state index in [1.165, 1.54) is 18.5 Å². The lowest BCUT2D eigenvalue weighted by molar-refractivity contribution is 0.0741. The van der Waals surface area contributed by atoms with Gasteiger partial charge in [-0.15, -0.1) is 11.3 Å². The molecule has 1 amide bonds. The molecule has 1 atom stereocenters. The molecule has 2 heterocycles. The van der Waals surface area contributed by atoms with Gasteiger partial charge in [0.1, 0.15) is 5.75 Å². The van der Waals surface area contributed by atoms with Crippen LogP contribution in [0.2, 0.25) is 0 Å². The fraction of sp³-hybridized carbons (Fsp3) is 0.231. The minimum atomic E-state index is -0.212. The molecule has 2 aromatic heterocycles. The van der Waals surface area contributed by atoms with Gasteiger partial charge < -0.3 is 10.0 Å². The molecule has 0 radical (unpaired) electrons. The van der Waals surface area contributed by atoms with Crippen molar-refractivity contribution in [1.82, 2.24) is 9.88 Å². The Morgan fingerprint density at radius 2 is 2.28 bits per heavy atom. The van der Waals surface area contributed by atoms with E-state index in [9.17, 15) is 9.90 Å². The maximum Gasteiger partial charge on any atom is 0.257 e. The summed E-state index contributed by atoms with van der Waals surface area (Å²) in [6.45, 7) is 1.96. The zero-order valence-corrected chi connectivity index (χ0v) is 11.0. The summed E-state index contributed by atoms with van der Waals surface area (Å²) in [6, 6.07) is 5.45. The van der Waals surface area contributed by atoms with Crippen molar-refractivity contribution in [2.24, 2.45) is 0 Å². The van der Waals surface area contributed by atoms with Gasteiger partial charge in [0.15, 0.2) is 0 Å². The van der Waals surface area contributed by atoms with Gasteiger partial charge in [-0.1, -0.05) is 6.07 Å². The third-order valence-electron chi connectivity index (χ3n) is 2.89. The van der Waals surface area contributed by atoms with E-state index in [0.29, 0.717) is 0 Å². The molecule has 0 saturated carbocycles. The zero-order valence-electron chi connectivity index (χ0n) is 10.2. The summed E-state index contributed by atoms with van der Waals surface area (Å²) >= 11 is 1.61. The van der Waals surface area contributed by atoms with Crippen molar-refractivity contribution in [3.63, 3.8) is 0 Å². The second-order valence-electron chi connectivity index (χ2n) is 4.00. The van der Waals surface area contributed by atoms with E-state index in [4.69, 9.17) is 0 Å². The van der Waals surface area contributed by atoms with Crippen LogP contribution in [0.15, 0.2) is 36.0 Å². The van der Waals surface area contributed by atoms with Crippen molar-refractivity contribution >= 4 is 17.2 Å². The largest absolute Gasteiger partial charge is 0.505 e. The van der Waals surface area contributed by atoms with Crippen molar-refractivity contribution in [3.8, 4) is 5.75 Å². The van der Waals surface area contributed by atoms with Crippen LogP contribution in [0, 0.1) is 0 Å². The van der Waals surface area contributed by atoms with Crippen molar-refractivity contribution < 1.29 is 9.90 Å². The van der Waals surface area contributed by atoms with Crippen molar-refractivity contribution in [1.29, 1.82) is 0 Å². The molecule has 0 aliphatic carbocycles. The average Bonchev–Trinajstić information content (AvgIpc) is 2.90. The average molecular weight is 262 g/mol. The summed E-state index contributed by atoms with van der Waals surface area (Å²) in [5.41, 5.74) is 0.274. The maximum atomic E-state index is 12.2. The number of carbonyl (C=O) groups excluding carboxylic acids is 1. The van der Waals surface area contributed by atoms with Gasteiger partial charge in [0, 0.05) is 18.1 Å². The fourth-order valence-corrected chi connectivity index (χ4v) is 2.48. The van der Waals surface area contributed by atoms with E-state index in [1.807, 2.05) is 24.4 Å². The molecule has 94 valence electrons. The van der Waals surface area contributed by atoms with Crippen LogP contribution in [0.5, 0.6) is 5.75 Å². The summed E-state index contributed by atoms with van der Waals surface area (Å²) < 4.78 is 0. The van der Waals surface area contributed by atoms with Gasteiger partial charge in [0.05, 0.1) is 17.8 Å². The van der Waals surface area contributed by atoms with Crippen molar-refractivity contribution in [3.05, 3.63) is 46.4 Å². The molecular weight excluding hydrogens is 248 g/mol. The molecule has 0 saturated heterocycles. The Kier molecular flexibility index (Phi) is 3.62. The number of carbonyl (C=O) groups is 1. The first-order valence-electron chi connectivity index (χ1n) is 5.55. The lowest BCUT2D eigenvalue weighted by Crippen LogP contribution is -2.29. The highest BCUT2D eigenvalue weighted by Crippen LogP contribution is 2.26. The van der Waals surface area contributed by atoms with E-state index >= 15 is 0 Å². The van der Waals surface area contributed by atoms with Gasteiger partial charge in [-0.25, -0.2) is 0 Å². The molecule has 18 heavy (non-hydrogen) atoms. The zero-order chi connectivity index (χ0) is 13.1. The Morgan fingerprint density at radius 3 is 2.89 bits per heavy atom. The number of aromatic hydroxyl groups is 1. The van der Waals surface area contributed by atoms with Crippen molar-refractivity contribution in [2.75, 3.05) is 7.05 Å². The van der Waals surface area contributed by atoms with Gasteiger partial charge in [-0.2, -0.15) is 0 Å². The second kappa shape index (κ2) is 5.18. The summed E-state index contributed by atoms with van der Waals surface area (Å²) in [4.78, 5) is 18.7. The third kappa shape index (κ3) is 2.36. The van der Waals surface area contributed by atoms with Crippen LogP contribution in [0.3, 0.4) is 0 Å². The standard InChI is InChI=1S/C13H14N2O2S/c1-9(12-4-3-7-18-12)15(2)13(17)10-5-6-14-8-11(10)16/h3-9,16H,1-2H3. The first-order valence-corrected chi connectivity index (χ1v) is 6.42. The number of rotatable bonds is 3. The summed E-state index contributed by atoms with van der Waals surface area (Å²) in [5.74, 6) is -0.302. The molecule has 0 aromatic carbocycles. The van der Waals surface area contributed by atoms with Gasteiger partial charge in [0.2, 0.25) is 0 Å². The Morgan fingerprint density at radius 1 is 1.50 bits per heavy atom. The van der Waals surface area contributed by atoms with E-state index in [0.717, 1.165) is 4.88 Å². The highest BCUT2D eigenvalue weighted by Gasteiger charge is 2.21. The van der Waals surface area contributed by atoms with Gasteiger partial charge in [-0.05, 0) is 24.4 Å². The van der Waals surface area contributed by atoms with Crippen LogP contribution in [-0.2, 0) is 0 Å². The van der Waals surface area contributed by atoms with Crippen molar-refractivity contribution in [2.45, 2.75) is 13.0 Å². The number of pyridine rings is 1. The van der Waals surface area contributed by atoms with Gasteiger partial charge in [-0.3, -0.25) is 9.78 Å². The second-order valence-corrected chi connectivity index (χ2v) is 4.98. The minimum Gasteiger partial charge on any atom is -0.505 e. The normalized spacial score (nSPS) is 12.1. The highest BCUT2D eigenvalue weighted by atomic mass is 32.1. The molecule has 2 rings (SSSR count). The molecule has 5 heteroatoms. The number of hydrogen-bond donors (Lipinski definition) is 1. The van der Waals surface area contributed by atoms with Crippen LogP contribution >= 0.6 is 11.3 Å². The highest BCUT2D eigenvalue weighted by molar-refractivity contribution is 7.10. The van der Waals surface area contributed by atoms with Crippen LogP contribution < -0.4 is 0 Å². The first-order chi connectivity index (χ1) is 8.61. The number of nitrogens with zero attached hydrogens (tertiary/aromatic N) is 2. The SMILES string of the molecule is CC(c1cccs1)N(C)C(=O)c1ccncc1O. The number of amides is 1. The Bertz CT molecular complexity index is 540. The minimum absolute atomic E-state index is 0.0231. The molecule has 0 aliphatic heterocycles. The van der Waals surface area contributed by atoms with Crippen LogP contribution in [0.4, 0.5) is 0 Å². The van der Waals surface area contributed by atoms with E-state index in [1.54, 1.807) is 23.3 Å². The molecule has 2 aromatic rings. The van der Waals surface area contributed by atoms with Crippen LogP contribution in [-0.4, -0.2) is 27.9 Å². The van der Waals surface area contributed by atoms with Crippen LogP contribution in [0.1, 0.15) is 28.2 Å². The molecule has 4 nitrogen and oxygen atoms in total. The number of hydrogen-bond acceptors (Lipinski definition) is 4. The van der Waals surface area contributed by atoms with Gasteiger partial charge >= 0.3 is 0 Å². The predicted molar refractivity (Wildman–Crippen MR) is 70.7 cm³/mol. The summed E-state index contributed by atoms with van der Waals surface area (Å²) in [6.07, 6.45) is 2.77. The molecular formula is C13H14N2O2S. The smallest absolute Gasteiger partial charge is 0.257 e. The monoisotopic (exact) mass is 262 g/mol. The first kappa shape index (κ1) is 12.6. The molecule has 0 aliphatic rings. The van der Waals surface area contributed by atoms with Gasteiger partial charge in [0.25, 0.3) is 5.91 Å². The number of thiophene rings is 1. The van der Waals surface area contributed by atoms with Crippen LogP contribution in [0.25, 0.3) is 0 Å². The summed E-state index contributed by atoms with van der Waals surface area (Å²) in [5, 5.41) is 11.6.